The van der Waals surface area contributed by atoms with Crippen LogP contribution in [0.25, 0.3) is 11.1 Å². The first-order valence-electron chi connectivity index (χ1n) is 7.51. The molecule has 1 fully saturated rings. The molecule has 2 nitrogen and oxygen atoms in total. The number of hydrogen-bond acceptors (Lipinski definition) is 2. The van der Waals surface area contributed by atoms with Crippen molar-refractivity contribution in [3.8, 4) is 16.9 Å². The van der Waals surface area contributed by atoms with E-state index in [1.165, 1.54) is 12.8 Å². The summed E-state index contributed by atoms with van der Waals surface area (Å²) in [6.45, 7) is 3.20. The maximum atomic E-state index is 13.9. The van der Waals surface area contributed by atoms with E-state index in [4.69, 9.17) is 4.74 Å². The number of ether oxygens (including phenoxy) is 1. The number of hydrogen-bond donors (Lipinski definition) is 1. The van der Waals surface area contributed by atoms with E-state index >= 15 is 0 Å². The Hall–Kier alpha value is -1.87. The third kappa shape index (κ3) is 3.61. The van der Waals surface area contributed by atoms with Crippen molar-refractivity contribution in [2.24, 2.45) is 0 Å². The second-order valence-electron chi connectivity index (χ2n) is 5.42. The van der Waals surface area contributed by atoms with Gasteiger partial charge in [0.1, 0.15) is 11.6 Å². The van der Waals surface area contributed by atoms with E-state index in [2.05, 4.69) is 5.32 Å². The van der Waals surface area contributed by atoms with Crippen LogP contribution < -0.4 is 10.1 Å². The highest BCUT2D eigenvalue weighted by atomic mass is 19.1. The van der Waals surface area contributed by atoms with Crippen molar-refractivity contribution in [2.75, 3.05) is 6.61 Å². The molecule has 0 heterocycles. The third-order valence-corrected chi connectivity index (χ3v) is 3.68. The summed E-state index contributed by atoms with van der Waals surface area (Å²) in [5.74, 6) is 0.699. The Morgan fingerprint density at radius 2 is 1.95 bits per heavy atom. The number of nitrogens with one attached hydrogen (secondary N) is 1. The molecule has 0 aliphatic heterocycles. The van der Waals surface area contributed by atoms with Crippen LogP contribution in [0, 0.1) is 5.82 Å². The molecule has 21 heavy (non-hydrogen) atoms. The second-order valence-corrected chi connectivity index (χ2v) is 5.42. The normalized spacial score (nSPS) is 14.2. The molecule has 110 valence electrons. The lowest BCUT2D eigenvalue weighted by Crippen LogP contribution is -2.16. The van der Waals surface area contributed by atoms with Crippen LogP contribution in [-0.2, 0) is 6.54 Å². The molecular formula is C18H20FNO. The van der Waals surface area contributed by atoms with Crippen LogP contribution in [-0.4, -0.2) is 12.6 Å². The molecule has 2 aromatic carbocycles. The van der Waals surface area contributed by atoms with Gasteiger partial charge in [-0.05, 0) is 55.2 Å². The van der Waals surface area contributed by atoms with E-state index in [9.17, 15) is 4.39 Å². The Balaban J connectivity index is 1.83. The molecule has 0 bridgehead atoms. The monoisotopic (exact) mass is 285 g/mol. The molecule has 1 aliphatic carbocycles. The molecule has 3 heteroatoms. The first-order valence-corrected chi connectivity index (χ1v) is 7.51. The van der Waals surface area contributed by atoms with Crippen molar-refractivity contribution < 1.29 is 9.13 Å². The average molecular weight is 285 g/mol. The van der Waals surface area contributed by atoms with E-state index < -0.39 is 0 Å². The van der Waals surface area contributed by atoms with Crippen LogP contribution in [0.5, 0.6) is 5.75 Å². The molecule has 0 unspecified atom stereocenters. The molecular weight excluding hydrogens is 265 g/mol. The van der Waals surface area contributed by atoms with Crippen molar-refractivity contribution in [2.45, 2.75) is 32.4 Å². The minimum absolute atomic E-state index is 0.145. The number of halogens is 1. The maximum Gasteiger partial charge on any atom is 0.127 e. The fraction of sp³-hybridized carbons (Fsp3) is 0.333. The predicted molar refractivity (Wildman–Crippen MR) is 82.9 cm³/mol. The Bertz CT molecular complexity index is 622. The largest absolute Gasteiger partial charge is 0.494 e. The fourth-order valence-corrected chi connectivity index (χ4v) is 2.36. The SMILES string of the molecule is CCOc1cccc(-c2ccc(F)c(CNC3CC3)c2)c1. The Morgan fingerprint density at radius 1 is 1.14 bits per heavy atom. The van der Waals surface area contributed by atoms with Crippen molar-refractivity contribution >= 4 is 0 Å². The summed E-state index contributed by atoms with van der Waals surface area (Å²) in [4.78, 5) is 0. The van der Waals surface area contributed by atoms with Crippen LogP contribution in [0.1, 0.15) is 25.3 Å². The molecule has 0 aromatic heterocycles. The van der Waals surface area contributed by atoms with Crippen LogP contribution in [0.3, 0.4) is 0 Å². The average Bonchev–Trinajstić information content (AvgIpc) is 3.31. The van der Waals surface area contributed by atoms with Crippen LogP contribution in [0.2, 0.25) is 0 Å². The molecule has 1 N–H and O–H groups in total. The standard InChI is InChI=1S/C18H20FNO/c1-2-21-17-5-3-4-13(11-17)14-6-9-18(19)15(10-14)12-20-16-7-8-16/h3-6,9-11,16,20H,2,7-8,12H2,1H3. The van der Waals surface area contributed by atoms with Gasteiger partial charge < -0.3 is 10.1 Å². The van der Waals surface area contributed by atoms with Crippen molar-refractivity contribution in [1.29, 1.82) is 0 Å². The lowest BCUT2D eigenvalue weighted by molar-refractivity contribution is 0.340. The van der Waals surface area contributed by atoms with Gasteiger partial charge in [-0.3, -0.25) is 0 Å². The van der Waals surface area contributed by atoms with Crippen LogP contribution >= 0.6 is 0 Å². The highest BCUT2D eigenvalue weighted by Crippen LogP contribution is 2.26. The van der Waals surface area contributed by atoms with Crippen LogP contribution in [0.4, 0.5) is 4.39 Å². The number of benzene rings is 2. The van der Waals surface area contributed by atoms with Gasteiger partial charge in [0.2, 0.25) is 0 Å². The molecule has 2 aromatic rings. The van der Waals surface area contributed by atoms with Crippen molar-refractivity contribution in [3.05, 3.63) is 53.8 Å². The molecule has 0 amide bonds. The summed E-state index contributed by atoms with van der Waals surface area (Å²) >= 11 is 0. The van der Waals surface area contributed by atoms with Gasteiger partial charge in [0.15, 0.2) is 0 Å². The second kappa shape index (κ2) is 6.27. The molecule has 3 rings (SSSR count). The van der Waals surface area contributed by atoms with Gasteiger partial charge in [0.05, 0.1) is 6.61 Å². The predicted octanol–water partition coefficient (Wildman–Crippen LogP) is 4.14. The zero-order valence-corrected chi connectivity index (χ0v) is 12.2. The Labute approximate surface area is 125 Å². The molecule has 0 saturated heterocycles. The van der Waals surface area contributed by atoms with E-state index in [1.807, 2.05) is 43.3 Å². The molecule has 0 spiro atoms. The summed E-state index contributed by atoms with van der Waals surface area (Å²) < 4.78 is 19.4. The topological polar surface area (TPSA) is 21.3 Å². The summed E-state index contributed by atoms with van der Waals surface area (Å²) in [5.41, 5.74) is 2.79. The molecule has 1 aliphatic rings. The summed E-state index contributed by atoms with van der Waals surface area (Å²) in [5, 5.41) is 3.36. The van der Waals surface area contributed by atoms with Crippen LogP contribution in [0.15, 0.2) is 42.5 Å². The molecule has 1 saturated carbocycles. The lowest BCUT2D eigenvalue weighted by Gasteiger charge is -2.10. The number of rotatable bonds is 6. The van der Waals surface area contributed by atoms with E-state index in [0.29, 0.717) is 19.2 Å². The van der Waals surface area contributed by atoms with Gasteiger partial charge in [0, 0.05) is 18.2 Å². The lowest BCUT2D eigenvalue weighted by atomic mass is 10.0. The minimum Gasteiger partial charge on any atom is -0.494 e. The first kappa shape index (κ1) is 14.1. The van der Waals surface area contributed by atoms with Crippen molar-refractivity contribution in [3.63, 3.8) is 0 Å². The van der Waals surface area contributed by atoms with Gasteiger partial charge in [-0.2, -0.15) is 0 Å². The summed E-state index contributed by atoms with van der Waals surface area (Å²) in [6, 6.07) is 13.8. The molecule has 0 radical (unpaired) electrons. The van der Waals surface area contributed by atoms with E-state index in [1.54, 1.807) is 6.07 Å². The fourth-order valence-electron chi connectivity index (χ4n) is 2.36. The van der Waals surface area contributed by atoms with Gasteiger partial charge in [0.25, 0.3) is 0 Å². The quantitative estimate of drug-likeness (QED) is 0.861. The molecule has 0 atom stereocenters. The zero-order valence-electron chi connectivity index (χ0n) is 12.2. The highest BCUT2D eigenvalue weighted by Gasteiger charge is 2.20. The zero-order chi connectivity index (χ0) is 14.7. The van der Waals surface area contributed by atoms with Gasteiger partial charge >= 0.3 is 0 Å². The van der Waals surface area contributed by atoms with E-state index in [-0.39, 0.29) is 5.82 Å². The van der Waals surface area contributed by atoms with Gasteiger partial charge in [-0.15, -0.1) is 0 Å². The third-order valence-electron chi connectivity index (χ3n) is 3.68. The Kier molecular flexibility index (Phi) is 4.20. The minimum atomic E-state index is -0.145. The van der Waals surface area contributed by atoms with Gasteiger partial charge in [-0.1, -0.05) is 18.2 Å². The smallest absolute Gasteiger partial charge is 0.127 e. The van der Waals surface area contributed by atoms with Crippen molar-refractivity contribution in [1.82, 2.24) is 5.32 Å². The highest BCUT2D eigenvalue weighted by molar-refractivity contribution is 5.65. The first-order chi connectivity index (χ1) is 10.3. The summed E-state index contributed by atoms with van der Waals surface area (Å²) in [6.07, 6.45) is 2.41. The van der Waals surface area contributed by atoms with E-state index in [0.717, 1.165) is 22.4 Å². The summed E-state index contributed by atoms with van der Waals surface area (Å²) in [7, 11) is 0. The Morgan fingerprint density at radius 3 is 2.71 bits per heavy atom. The maximum absolute atomic E-state index is 13.9. The van der Waals surface area contributed by atoms with Gasteiger partial charge in [-0.25, -0.2) is 4.39 Å².